The predicted octanol–water partition coefficient (Wildman–Crippen LogP) is 3.58. The van der Waals surface area contributed by atoms with Crippen molar-refractivity contribution in [1.82, 2.24) is 9.88 Å². The van der Waals surface area contributed by atoms with Gasteiger partial charge in [-0.15, -0.1) is 0 Å². The number of nitrogens with one attached hydrogen (secondary N) is 1. The van der Waals surface area contributed by atoms with Gasteiger partial charge in [0.15, 0.2) is 5.58 Å². The molecule has 0 aliphatic carbocycles. The number of benzene rings is 1. The second kappa shape index (κ2) is 7.48. The quantitative estimate of drug-likeness (QED) is 0.518. The van der Waals surface area contributed by atoms with Crippen LogP contribution in [0.4, 0.5) is 0 Å². The van der Waals surface area contributed by atoms with E-state index in [1.54, 1.807) is 66.4 Å². The van der Waals surface area contributed by atoms with Crippen molar-refractivity contribution in [2.75, 3.05) is 0 Å². The van der Waals surface area contributed by atoms with E-state index in [1.807, 2.05) is 6.07 Å². The maximum Gasteiger partial charge on any atom is 0.356 e. The van der Waals surface area contributed by atoms with E-state index in [9.17, 15) is 9.59 Å². The maximum atomic E-state index is 12.8. The Morgan fingerprint density at radius 1 is 1.07 bits per heavy atom. The fraction of sp³-hybridized carbons (Fsp3) is 0.143. The Morgan fingerprint density at radius 3 is 2.61 bits per heavy atom. The van der Waals surface area contributed by atoms with Crippen molar-refractivity contribution in [2.45, 2.75) is 12.6 Å². The van der Waals surface area contributed by atoms with Gasteiger partial charge in [-0.2, -0.15) is 0 Å². The summed E-state index contributed by atoms with van der Waals surface area (Å²) < 4.78 is 17.8. The SMILES string of the molecule is Cn1c(C(=O)OC(C(=O)NCc2ccco2)c2ccccc2)cc2occc21. The molecule has 142 valence electrons. The highest BCUT2D eigenvalue weighted by Gasteiger charge is 2.27. The number of carbonyl (C=O) groups excluding carboxylic acids is 2. The van der Waals surface area contributed by atoms with Gasteiger partial charge in [-0.1, -0.05) is 30.3 Å². The second-order valence-electron chi connectivity index (χ2n) is 6.25. The van der Waals surface area contributed by atoms with Crippen LogP contribution >= 0.6 is 0 Å². The number of aryl methyl sites for hydroxylation is 1. The number of rotatable bonds is 6. The standard InChI is InChI=1S/C21H18N2O5/c1-23-16-9-11-27-18(16)12-17(23)21(25)28-19(14-6-3-2-4-7-14)20(24)22-13-15-8-5-10-26-15/h2-12,19H,13H2,1H3,(H,22,24). The molecule has 1 amide bonds. The molecule has 0 saturated carbocycles. The van der Waals surface area contributed by atoms with Gasteiger partial charge in [0.05, 0.1) is 24.6 Å². The molecule has 7 heteroatoms. The first-order valence-corrected chi connectivity index (χ1v) is 8.72. The van der Waals surface area contributed by atoms with Crippen LogP contribution in [0.2, 0.25) is 0 Å². The van der Waals surface area contributed by atoms with Crippen molar-refractivity contribution in [3.63, 3.8) is 0 Å². The highest BCUT2D eigenvalue weighted by Crippen LogP contribution is 2.24. The molecule has 4 aromatic rings. The van der Waals surface area contributed by atoms with Gasteiger partial charge in [0, 0.05) is 24.7 Å². The van der Waals surface area contributed by atoms with Gasteiger partial charge in [-0.25, -0.2) is 4.79 Å². The Bertz CT molecular complexity index is 1090. The number of ether oxygens (including phenoxy) is 1. The minimum atomic E-state index is -1.09. The lowest BCUT2D eigenvalue weighted by Gasteiger charge is -2.18. The third kappa shape index (κ3) is 3.42. The van der Waals surface area contributed by atoms with Crippen LogP contribution in [0.25, 0.3) is 11.1 Å². The van der Waals surface area contributed by atoms with Gasteiger partial charge in [0.25, 0.3) is 5.91 Å². The van der Waals surface area contributed by atoms with Crippen LogP contribution < -0.4 is 5.32 Å². The first kappa shape index (κ1) is 17.7. The zero-order valence-electron chi connectivity index (χ0n) is 15.1. The molecule has 0 aliphatic rings. The lowest BCUT2D eigenvalue weighted by Crippen LogP contribution is -2.32. The average Bonchev–Trinajstić information content (AvgIpc) is 3.44. The second-order valence-corrected chi connectivity index (χ2v) is 6.25. The summed E-state index contributed by atoms with van der Waals surface area (Å²) in [5, 5.41) is 2.74. The number of nitrogens with zero attached hydrogens (tertiary/aromatic N) is 1. The summed E-state index contributed by atoms with van der Waals surface area (Å²) in [5.41, 5.74) is 2.22. The number of furan rings is 2. The highest BCUT2D eigenvalue weighted by molar-refractivity contribution is 5.95. The number of aromatic nitrogens is 1. The normalized spacial score (nSPS) is 12.0. The minimum absolute atomic E-state index is 0.198. The van der Waals surface area contributed by atoms with Gasteiger partial charge in [0.2, 0.25) is 6.10 Å². The number of fused-ring (bicyclic) bond motifs is 1. The number of amides is 1. The van der Waals surface area contributed by atoms with E-state index in [0.29, 0.717) is 22.6 Å². The Hall–Kier alpha value is -3.74. The topological polar surface area (TPSA) is 86.6 Å². The summed E-state index contributed by atoms with van der Waals surface area (Å²) in [7, 11) is 1.74. The molecular formula is C21H18N2O5. The van der Waals surface area contributed by atoms with Gasteiger partial charge >= 0.3 is 5.97 Å². The molecule has 3 heterocycles. The summed E-state index contributed by atoms with van der Waals surface area (Å²) in [6, 6.07) is 15.7. The first-order chi connectivity index (χ1) is 13.6. The molecule has 3 aromatic heterocycles. The van der Waals surface area contributed by atoms with E-state index in [4.69, 9.17) is 13.6 Å². The third-order valence-corrected chi connectivity index (χ3v) is 4.46. The Morgan fingerprint density at radius 2 is 1.89 bits per heavy atom. The van der Waals surface area contributed by atoms with Crippen molar-refractivity contribution < 1.29 is 23.2 Å². The first-order valence-electron chi connectivity index (χ1n) is 8.72. The van der Waals surface area contributed by atoms with Crippen LogP contribution in [0.5, 0.6) is 0 Å². The molecule has 7 nitrogen and oxygen atoms in total. The van der Waals surface area contributed by atoms with E-state index >= 15 is 0 Å². The molecule has 28 heavy (non-hydrogen) atoms. The molecule has 0 spiro atoms. The molecule has 1 unspecified atom stereocenters. The predicted molar refractivity (Wildman–Crippen MR) is 100 cm³/mol. The van der Waals surface area contributed by atoms with Crippen molar-refractivity contribution in [3.05, 3.63) is 84.1 Å². The maximum absolute atomic E-state index is 12.8. The lowest BCUT2D eigenvalue weighted by atomic mass is 10.1. The van der Waals surface area contributed by atoms with Gasteiger partial charge in [-0.05, 0) is 12.1 Å². The third-order valence-electron chi connectivity index (χ3n) is 4.46. The Labute approximate surface area is 160 Å². The number of hydrogen-bond donors (Lipinski definition) is 1. The van der Waals surface area contributed by atoms with Crippen molar-refractivity contribution in [3.8, 4) is 0 Å². The molecule has 0 bridgehead atoms. The fourth-order valence-electron chi connectivity index (χ4n) is 2.99. The van der Waals surface area contributed by atoms with E-state index in [2.05, 4.69) is 5.32 Å². The van der Waals surface area contributed by atoms with Crippen LogP contribution in [-0.2, 0) is 23.1 Å². The highest BCUT2D eigenvalue weighted by atomic mass is 16.5. The Kier molecular flexibility index (Phi) is 4.72. The summed E-state index contributed by atoms with van der Waals surface area (Å²) in [5.74, 6) is -0.445. The molecule has 1 N–H and O–H groups in total. The smallest absolute Gasteiger partial charge is 0.356 e. The van der Waals surface area contributed by atoms with E-state index < -0.39 is 18.0 Å². The molecule has 0 radical (unpaired) electrons. The van der Waals surface area contributed by atoms with E-state index in [1.165, 1.54) is 6.26 Å². The van der Waals surface area contributed by atoms with Gasteiger partial charge in [0.1, 0.15) is 11.5 Å². The summed E-state index contributed by atoms with van der Waals surface area (Å²) in [4.78, 5) is 25.5. The van der Waals surface area contributed by atoms with Crippen molar-refractivity contribution in [2.24, 2.45) is 7.05 Å². The van der Waals surface area contributed by atoms with Crippen LogP contribution in [-0.4, -0.2) is 16.4 Å². The average molecular weight is 378 g/mol. The van der Waals surface area contributed by atoms with Gasteiger partial charge in [-0.3, -0.25) is 4.79 Å². The summed E-state index contributed by atoms with van der Waals surface area (Å²) in [6.45, 7) is 0.198. The molecule has 0 fully saturated rings. The summed E-state index contributed by atoms with van der Waals surface area (Å²) in [6.07, 6.45) is 1.99. The zero-order valence-corrected chi connectivity index (χ0v) is 15.1. The van der Waals surface area contributed by atoms with E-state index in [-0.39, 0.29) is 6.54 Å². The molecular weight excluding hydrogens is 360 g/mol. The number of carbonyl (C=O) groups is 2. The fourth-order valence-corrected chi connectivity index (χ4v) is 2.99. The molecule has 1 atom stereocenters. The molecule has 4 rings (SSSR count). The van der Waals surface area contributed by atoms with Crippen LogP contribution in [0.15, 0.2) is 76.0 Å². The molecule has 0 aliphatic heterocycles. The van der Waals surface area contributed by atoms with Crippen LogP contribution in [0.3, 0.4) is 0 Å². The van der Waals surface area contributed by atoms with Crippen LogP contribution in [0, 0.1) is 0 Å². The monoisotopic (exact) mass is 378 g/mol. The van der Waals surface area contributed by atoms with Gasteiger partial charge < -0.3 is 23.5 Å². The zero-order chi connectivity index (χ0) is 19.5. The lowest BCUT2D eigenvalue weighted by molar-refractivity contribution is -0.130. The van der Waals surface area contributed by atoms with Crippen molar-refractivity contribution >= 4 is 23.0 Å². The minimum Gasteiger partial charge on any atom is -0.467 e. The summed E-state index contributed by atoms with van der Waals surface area (Å²) >= 11 is 0. The van der Waals surface area contributed by atoms with E-state index in [0.717, 1.165) is 5.52 Å². The van der Waals surface area contributed by atoms with Crippen molar-refractivity contribution in [1.29, 1.82) is 0 Å². The van der Waals surface area contributed by atoms with Crippen LogP contribution in [0.1, 0.15) is 27.9 Å². The number of hydrogen-bond acceptors (Lipinski definition) is 5. The molecule has 0 saturated heterocycles. The molecule has 1 aromatic carbocycles. The number of esters is 1. The Balaban J connectivity index is 1.56. The largest absolute Gasteiger partial charge is 0.467 e.